The predicted octanol–water partition coefficient (Wildman–Crippen LogP) is 3.31. The van der Waals surface area contributed by atoms with Crippen LogP contribution in [0.25, 0.3) is 0 Å². The molecular weight excluding hydrogens is 343 g/mol. The zero-order valence-corrected chi connectivity index (χ0v) is 14.0. The van der Waals surface area contributed by atoms with E-state index in [-0.39, 0.29) is 18.4 Å². The summed E-state index contributed by atoms with van der Waals surface area (Å²) in [6.07, 6.45) is 1.87. The zero-order chi connectivity index (χ0) is 18.1. The smallest absolute Gasteiger partial charge is 0.317 e. The van der Waals surface area contributed by atoms with Crippen molar-refractivity contribution >= 4 is 12.0 Å². The molecule has 0 aromatic carbocycles. The van der Waals surface area contributed by atoms with Gasteiger partial charge in [0, 0.05) is 49.4 Å². The average molecular weight is 361 g/mol. The van der Waals surface area contributed by atoms with Crippen molar-refractivity contribution in [2.24, 2.45) is 4.99 Å². The van der Waals surface area contributed by atoms with Crippen LogP contribution in [0.2, 0.25) is 0 Å². The molecule has 2 aliphatic heterocycles. The maximum Gasteiger partial charge on any atom is 0.433 e. The fourth-order valence-electron chi connectivity index (χ4n) is 3.51. The van der Waals surface area contributed by atoms with E-state index in [0.29, 0.717) is 5.82 Å². The molecule has 8 heteroatoms. The van der Waals surface area contributed by atoms with Crippen LogP contribution in [0.5, 0.6) is 0 Å². The second-order valence-corrected chi connectivity index (χ2v) is 6.42. The van der Waals surface area contributed by atoms with E-state index in [2.05, 4.69) is 19.9 Å². The van der Waals surface area contributed by atoms with Crippen LogP contribution in [0.4, 0.5) is 19.0 Å². The topological polar surface area (TPSA) is 44.6 Å². The average Bonchev–Trinajstić information content (AvgIpc) is 3.16. The van der Waals surface area contributed by atoms with Crippen molar-refractivity contribution in [3.63, 3.8) is 0 Å². The summed E-state index contributed by atoms with van der Waals surface area (Å²) in [5.41, 5.74) is 0.0745. The highest BCUT2D eigenvalue weighted by Gasteiger charge is 2.37. The van der Waals surface area contributed by atoms with Crippen LogP contribution in [-0.2, 0) is 12.7 Å². The highest BCUT2D eigenvalue weighted by atomic mass is 19.4. The van der Waals surface area contributed by atoms with Gasteiger partial charge >= 0.3 is 6.18 Å². The van der Waals surface area contributed by atoms with Gasteiger partial charge in [-0.25, -0.2) is 4.98 Å². The molecule has 0 spiro atoms. The minimum absolute atomic E-state index is 0.0468. The second kappa shape index (κ2) is 6.68. The Morgan fingerprint density at radius 1 is 1.04 bits per heavy atom. The third-order valence-corrected chi connectivity index (χ3v) is 4.68. The predicted molar refractivity (Wildman–Crippen MR) is 91.8 cm³/mol. The Balaban J connectivity index is 1.73. The van der Waals surface area contributed by atoms with Crippen molar-refractivity contribution < 1.29 is 13.2 Å². The maximum atomic E-state index is 13.4. The van der Waals surface area contributed by atoms with Crippen LogP contribution < -0.4 is 4.90 Å². The van der Waals surface area contributed by atoms with E-state index in [0.717, 1.165) is 31.5 Å². The normalized spacial score (nSPS) is 20.4. The summed E-state index contributed by atoms with van der Waals surface area (Å²) >= 11 is 0. The monoisotopic (exact) mass is 361 g/mol. The molecule has 0 saturated carbocycles. The van der Waals surface area contributed by atoms with Gasteiger partial charge in [-0.15, -0.1) is 0 Å². The van der Waals surface area contributed by atoms with Crippen molar-refractivity contribution in [2.45, 2.75) is 31.9 Å². The van der Waals surface area contributed by atoms with E-state index in [1.807, 2.05) is 11.0 Å². The number of anilines is 1. The minimum atomic E-state index is -4.49. The first kappa shape index (κ1) is 17.0. The van der Waals surface area contributed by atoms with Crippen LogP contribution in [0.1, 0.15) is 29.7 Å². The van der Waals surface area contributed by atoms with Crippen molar-refractivity contribution in [3.05, 3.63) is 53.5 Å². The second-order valence-electron chi connectivity index (χ2n) is 6.42. The number of likely N-dealkylation sites (tertiary alicyclic amines) is 1. The lowest BCUT2D eigenvalue weighted by Gasteiger charge is -2.38. The van der Waals surface area contributed by atoms with Crippen molar-refractivity contribution in [3.8, 4) is 0 Å². The van der Waals surface area contributed by atoms with E-state index < -0.39 is 11.9 Å². The summed E-state index contributed by atoms with van der Waals surface area (Å²) in [5, 5.41) is 0. The van der Waals surface area contributed by atoms with Gasteiger partial charge in [-0.3, -0.25) is 14.9 Å². The van der Waals surface area contributed by atoms with E-state index in [1.165, 1.54) is 18.3 Å². The first-order valence-corrected chi connectivity index (χ1v) is 8.54. The third-order valence-electron chi connectivity index (χ3n) is 4.68. The number of rotatable bonds is 3. The molecule has 0 amide bonds. The molecule has 2 aliphatic rings. The molecule has 1 unspecified atom stereocenters. The summed E-state index contributed by atoms with van der Waals surface area (Å²) in [7, 11) is 0. The Bertz CT molecular complexity index is 814. The Morgan fingerprint density at radius 3 is 2.54 bits per heavy atom. The molecule has 1 fully saturated rings. The van der Waals surface area contributed by atoms with Gasteiger partial charge < -0.3 is 4.90 Å². The first-order chi connectivity index (χ1) is 12.5. The lowest BCUT2D eigenvalue weighted by Crippen LogP contribution is -2.48. The number of nitrogens with zero attached hydrogens (tertiary/aromatic N) is 5. The Labute approximate surface area is 149 Å². The number of pyridine rings is 2. The molecule has 0 N–H and O–H groups in total. The molecule has 5 nitrogen and oxygen atoms in total. The van der Waals surface area contributed by atoms with Crippen molar-refractivity contribution in [1.29, 1.82) is 0 Å². The number of halogens is 3. The molecule has 4 heterocycles. The Hall–Kier alpha value is -2.48. The van der Waals surface area contributed by atoms with Gasteiger partial charge in [0.25, 0.3) is 0 Å². The lowest BCUT2D eigenvalue weighted by molar-refractivity contribution is -0.141. The van der Waals surface area contributed by atoms with Gasteiger partial charge in [-0.1, -0.05) is 6.07 Å². The van der Waals surface area contributed by atoms with Gasteiger partial charge in [-0.2, -0.15) is 13.2 Å². The summed E-state index contributed by atoms with van der Waals surface area (Å²) < 4.78 is 40.1. The van der Waals surface area contributed by atoms with E-state index in [1.54, 1.807) is 18.5 Å². The summed E-state index contributed by atoms with van der Waals surface area (Å²) in [4.78, 5) is 16.6. The molecular formula is C18H18F3N5. The van der Waals surface area contributed by atoms with Gasteiger partial charge in [0.2, 0.25) is 0 Å². The molecule has 0 radical (unpaired) electrons. The standard InChI is InChI=1S/C18H18F3N5/c19-18(20,21)15-14(6-4-7-22-15)12-26-16-13(5-3-8-23-16)11-24-17(26)25-9-1-2-10-25/h3-8,11,17H,1-2,9-10,12H2. The van der Waals surface area contributed by atoms with E-state index in [4.69, 9.17) is 0 Å². The molecule has 4 rings (SSSR count). The highest BCUT2D eigenvalue weighted by Crippen LogP contribution is 2.33. The Morgan fingerprint density at radius 2 is 1.77 bits per heavy atom. The lowest BCUT2D eigenvalue weighted by atomic mass is 10.1. The summed E-state index contributed by atoms with van der Waals surface area (Å²) in [6.45, 7) is 1.80. The molecule has 0 bridgehead atoms. The van der Waals surface area contributed by atoms with Crippen LogP contribution >= 0.6 is 0 Å². The van der Waals surface area contributed by atoms with Crippen molar-refractivity contribution in [2.75, 3.05) is 18.0 Å². The number of hydrogen-bond acceptors (Lipinski definition) is 5. The highest BCUT2D eigenvalue weighted by molar-refractivity contribution is 5.88. The molecule has 1 atom stereocenters. The van der Waals surface area contributed by atoms with Crippen LogP contribution in [-0.4, -0.2) is 40.5 Å². The summed E-state index contributed by atoms with van der Waals surface area (Å²) in [5.74, 6) is 0.649. The fraction of sp³-hybridized carbons (Fsp3) is 0.389. The van der Waals surface area contributed by atoms with Gasteiger partial charge in [0.1, 0.15) is 11.5 Å². The first-order valence-electron chi connectivity index (χ1n) is 8.54. The molecule has 1 saturated heterocycles. The fourth-order valence-corrected chi connectivity index (χ4v) is 3.51. The molecule has 26 heavy (non-hydrogen) atoms. The molecule has 136 valence electrons. The number of hydrogen-bond donors (Lipinski definition) is 0. The largest absolute Gasteiger partial charge is 0.433 e. The number of alkyl halides is 3. The maximum absolute atomic E-state index is 13.4. The SMILES string of the molecule is FC(F)(F)c1ncccc1CN1c2ncccc2C=NC1N1CCCC1. The molecule has 0 aliphatic carbocycles. The Kier molecular flexibility index (Phi) is 4.36. The minimum Gasteiger partial charge on any atom is -0.317 e. The van der Waals surface area contributed by atoms with Crippen LogP contribution in [0, 0.1) is 0 Å². The zero-order valence-electron chi connectivity index (χ0n) is 14.0. The number of fused-ring (bicyclic) bond motifs is 1. The van der Waals surface area contributed by atoms with Gasteiger partial charge in [-0.05, 0) is 31.0 Å². The summed E-state index contributed by atoms with van der Waals surface area (Å²) in [6, 6.07) is 6.66. The third kappa shape index (κ3) is 3.16. The van der Waals surface area contributed by atoms with E-state index in [9.17, 15) is 13.2 Å². The molecule has 2 aromatic rings. The number of aromatic nitrogens is 2. The van der Waals surface area contributed by atoms with E-state index >= 15 is 0 Å². The van der Waals surface area contributed by atoms with Gasteiger partial charge in [0.15, 0.2) is 6.29 Å². The number of aliphatic imine (C=N–C) groups is 1. The van der Waals surface area contributed by atoms with Crippen LogP contribution in [0.3, 0.4) is 0 Å². The van der Waals surface area contributed by atoms with Gasteiger partial charge in [0.05, 0.1) is 0 Å². The van der Waals surface area contributed by atoms with Crippen molar-refractivity contribution in [1.82, 2.24) is 14.9 Å². The van der Waals surface area contributed by atoms with Crippen LogP contribution in [0.15, 0.2) is 41.7 Å². The quantitative estimate of drug-likeness (QED) is 0.841. The molecule has 2 aromatic heterocycles.